The molecule has 0 saturated carbocycles. The molecule has 1 N–H and O–H groups in total. The summed E-state index contributed by atoms with van der Waals surface area (Å²) in [5, 5.41) is 8.40. The molecule has 0 radical (unpaired) electrons. The van der Waals surface area contributed by atoms with Gasteiger partial charge < -0.3 is 5.11 Å². The molecule has 0 unspecified atom stereocenters. The lowest BCUT2D eigenvalue weighted by molar-refractivity contribution is -0.131. The summed E-state index contributed by atoms with van der Waals surface area (Å²) in [6.45, 7) is 1.98. The van der Waals surface area contributed by atoms with E-state index in [0.29, 0.717) is 0 Å². The van der Waals surface area contributed by atoms with Crippen molar-refractivity contribution in [2.45, 2.75) is 6.92 Å². The molecule has 0 atom stereocenters. The zero-order valence-corrected chi connectivity index (χ0v) is 8.71. The molecule has 0 aliphatic rings. The van der Waals surface area contributed by atoms with Crippen molar-refractivity contribution < 1.29 is 9.90 Å². The van der Waals surface area contributed by atoms with E-state index in [1.807, 2.05) is 25.1 Å². The first-order valence-electron chi connectivity index (χ1n) is 3.77. The molecule has 0 amide bonds. The van der Waals surface area contributed by atoms with Gasteiger partial charge in [0.15, 0.2) is 0 Å². The second-order valence-electron chi connectivity index (χ2n) is 2.68. The number of hydrogen-bond acceptors (Lipinski definition) is 1. The number of rotatable bonds is 2. The Balaban J connectivity index is 2.92. The molecule has 3 heteroatoms. The molecule has 13 heavy (non-hydrogen) atoms. The fraction of sp³-hybridized carbons (Fsp3) is 0.100. The summed E-state index contributed by atoms with van der Waals surface area (Å²) in [4.78, 5) is 10.2. The SMILES string of the molecule is Cc1ccc(/C=C/C(=O)O)cc1Br. The number of aliphatic carboxylic acids is 1. The van der Waals surface area contributed by atoms with E-state index in [0.717, 1.165) is 21.7 Å². The molecular weight excluding hydrogens is 232 g/mol. The minimum atomic E-state index is -0.934. The lowest BCUT2D eigenvalue weighted by Gasteiger charge is -1.98. The highest BCUT2D eigenvalue weighted by atomic mass is 79.9. The second-order valence-corrected chi connectivity index (χ2v) is 3.53. The lowest BCUT2D eigenvalue weighted by atomic mass is 10.1. The predicted octanol–water partition coefficient (Wildman–Crippen LogP) is 2.86. The molecule has 1 rings (SSSR count). The summed E-state index contributed by atoms with van der Waals surface area (Å²) in [5.41, 5.74) is 2.01. The Bertz CT molecular complexity index is 356. The summed E-state index contributed by atoms with van der Waals surface area (Å²) in [6, 6.07) is 5.69. The van der Waals surface area contributed by atoms with Crippen molar-refractivity contribution in [1.82, 2.24) is 0 Å². The maximum atomic E-state index is 10.2. The molecule has 0 saturated heterocycles. The van der Waals surface area contributed by atoms with Crippen LogP contribution >= 0.6 is 15.9 Å². The quantitative estimate of drug-likeness (QED) is 0.808. The summed E-state index contributed by atoms with van der Waals surface area (Å²) in [5.74, 6) is -0.934. The Morgan fingerprint density at radius 1 is 1.54 bits per heavy atom. The van der Waals surface area contributed by atoms with Crippen LogP contribution in [0.4, 0.5) is 0 Å². The Kier molecular flexibility index (Phi) is 3.25. The molecule has 1 aromatic carbocycles. The maximum absolute atomic E-state index is 10.2. The number of hydrogen-bond donors (Lipinski definition) is 1. The summed E-state index contributed by atoms with van der Waals surface area (Å²) >= 11 is 3.37. The van der Waals surface area contributed by atoms with Gasteiger partial charge in [-0.25, -0.2) is 4.79 Å². The Morgan fingerprint density at radius 2 is 2.23 bits per heavy atom. The van der Waals surface area contributed by atoms with E-state index in [4.69, 9.17) is 5.11 Å². The van der Waals surface area contributed by atoms with Gasteiger partial charge in [-0.3, -0.25) is 0 Å². The lowest BCUT2D eigenvalue weighted by Crippen LogP contribution is -1.85. The standard InChI is InChI=1S/C10H9BrO2/c1-7-2-3-8(6-9(7)11)4-5-10(12)13/h2-6H,1H3,(H,12,13)/b5-4+. The third kappa shape index (κ3) is 3.03. The first-order valence-corrected chi connectivity index (χ1v) is 4.56. The van der Waals surface area contributed by atoms with E-state index < -0.39 is 5.97 Å². The van der Waals surface area contributed by atoms with Crippen LogP contribution in [0, 0.1) is 6.92 Å². The van der Waals surface area contributed by atoms with Crippen LogP contribution in [0.3, 0.4) is 0 Å². The first-order chi connectivity index (χ1) is 6.09. The average Bonchev–Trinajstić information content (AvgIpc) is 2.07. The third-order valence-electron chi connectivity index (χ3n) is 1.61. The molecule has 1 aromatic rings. The van der Waals surface area contributed by atoms with Crippen molar-refractivity contribution >= 4 is 28.0 Å². The molecule has 0 heterocycles. The highest BCUT2D eigenvalue weighted by molar-refractivity contribution is 9.10. The molecule has 0 bridgehead atoms. The van der Waals surface area contributed by atoms with Gasteiger partial charge in [0.25, 0.3) is 0 Å². The van der Waals surface area contributed by atoms with Crippen LogP contribution in [0.25, 0.3) is 6.08 Å². The number of aryl methyl sites for hydroxylation is 1. The maximum Gasteiger partial charge on any atom is 0.328 e. The fourth-order valence-corrected chi connectivity index (χ4v) is 1.28. The molecule has 0 spiro atoms. The van der Waals surface area contributed by atoms with Gasteiger partial charge in [0, 0.05) is 10.5 Å². The van der Waals surface area contributed by atoms with Crippen LogP contribution < -0.4 is 0 Å². The van der Waals surface area contributed by atoms with Crippen LogP contribution in [0.1, 0.15) is 11.1 Å². The minimum absolute atomic E-state index is 0.875. The Morgan fingerprint density at radius 3 is 2.77 bits per heavy atom. The largest absolute Gasteiger partial charge is 0.478 e. The molecule has 0 aromatic heterocycles. The van der Waals surface area contributed by atoms with Gasteiger partial charge in [0.05, 0.1) is 0 Å². The fourth-order valence-electron chi connectivity index (χ4n) is 0.880. The van der Waals surface area contributed by atoms with E-state index in [1.165, 1.54) is 0 Å². The molecular formula is C10H9BrO2. The van der Waals surface area contributed by atoms with Crippen LogP contribution in [0.5, 0.6) is 0 Å². The van der Waals surface area contributed by atoms with E-state index in [1.54, 1.807) is 6.08 Å². The van der Waals surface area contributed by atoms with Crippen LogP contribution in [0.15, 0.2) is 28.7 Å². The average molecular weight is 241 g/mol. The van der Waals surface area contributed by atoms with Crippen molar-refractivity contribution in [3.63, 3.8) is 0 Å². The molecule has 2 nitrogen and oxygen atoms in total. The van der Waals surface area contributed by atoms with Gasteiger partial charge in [-0.05, 0) is 30.2 Å². The van der Waals surface area contributed by atoms with E-state index in [9.17, 15) is 4.79 Å². The summed E-state index contributed by atoms with van der Waals surface area (Å²) in [6.07, 6.45) is 2.68. The minimum Gasteiger partial charge on any atom is -0.478 e. The highest BCUT2D eigenvalue weighted by Crippen LogP contribution is 2.18. The number of carboxylic acids is 1. The number of carboxylic acid groups (broad SMARTS) is 1. The first kappa shape index (κ1) is 9.99. The Hall–Kier alpha value is -1.09. The topological polar surface area (TPSA) is 37.3 Å². The van der Waals surface area contributed by atoms with Crippen LogP contribution in [-0.4, -0.2) is 11.1 Å². The second kappa shape index (κ2) is 4.23. The predicted molar refractivity (Wildman–Crippen MR) is 55.5 cm³/mol. The highest BCUT2D eigenvalue weighted by Gasteiger charge is 1.94. The summed E-state index contributed by atoms with van der Waals surface area (Å²) in [7, 11) is 0. The van der Waals surface area contributed by atoms with Gasteiger partial charge in [0.2, 0.25) is 0 Å². The van der Waals surface area contributed by atoms with Crippen molar-refractivity contribution in [3.8, 4) is 0 Å². The van der Waals surface area contributed by atoms with Gasteiger partial charge in [0.1, 0.15) is 0 Å². The number of halogens is 1. The van der Waals surface area contributed by atoms with Crippen LogP contribution in [0.2, 0.25) is 0 Å². The smallest absolute Gasteiger partial charge is 0.328 e. The monoisotopic (exact) mass is 240 g/mol. The van der Waals surface area contributed by atoms with E-state index >= 15 is 0 Å². The molecule has 0 fully saturated rings. The number of benzene rings is 1. The molecule has 68 valence electrons. The van der Waals surface area contributed by atoms with Crippen molar-refractivity contribution in [3.05, 3.63) is 39.9 Å². The zero-order chi connectivity index (χ0) is 9.84. The van der Waals surface area contributed by atoms with Gasteiger partial charge in [-0.2, -0.15) is 0 Å². The summed E-state index contributed by atoms with van der Waals surface area (Å²) < 4.78 is 0.986. The van der Waals surface area contributed by atoms with Crippen molar-refractivity contribution in [1.29, 1.82) is 0 Å². The molecule has 0 aliphatic heterocycles. The zero-order valence-electron chi connectivity index (χ0n) is 7.12. The number of carbonyl (C=O) groups is 1. The van der Waals surface area contributed by atoms with Gasteiger partial charge >= 0.3 is 5.97 Å². The van der Waals surface area contributed by atoms with Crippen molar-refractivity contribution in [2.75, 3.05) is 0 Å². The van der Waals surface area contributed by atoms with E-state index in [-0.39, 0.29) is 0 Å². The Labute approximate surface area is 85.0 Å². The normalized spacial score (nSPS) is 10.6. The molecule has 0 aliphatic carbocycles. The third-order valence-corrected chi connectivity index (χ3v) is 2.47. The van der Waals surface area contributed by atoms with Crippen molar-refractivity contribution in [2.24, 2.45) is 0 Å². The van der Waals surface area contributed by atoms with Gasteiger partial charge in [-0.15, -0.1) is 0 Å². The van der Waals surface area contributed by atoms with Gasteiger partial charge in [-0.1, -0.05) is 28.1 Å². The van der Waals surface area contributed by atoms with E-state index in [2.05, 4.69) is 15.9 Å². The van der Waals surface area contributed by atoms with Crippen LogP contribution in [-0.2, 0) is 4.79 Å².